The molecule has 0 aliphatic carbocycles. The number of esters is 1. The van der Waals surface area contributed by atoms with Crippen molar-refractivity contribution >= 4 is 17.7 Å². The van der Waals surface area contributed by atoms with Gasteiger partial charge in [0.05, 0.1) is 50.4 Å². The molecule has 1 aliphatic heterocycles. The number of benzene rings is 1. The molecule has 1 aromatic heterocycles. The number of carbonyl (C=O) groups is 3. The Labute approximate surface area is 172 Å². The molecule has 2 aromatic rings. The van der Waals surface area contributed by atoms with E-state index in [9.17, 15) is 19.5 Å². The van der Waals surface area contributed by atoms with Crippen LogP contribution >= 0.6 is 0 Å². The number of ketones is 1. The number of hydrogen-bond acceptors (Lipinski definition) is 8. The normalized spacial score (nSPS) is 16.3. The molecule has 3 rings (SSSR count). The van der Waals surface area contributed by atoms with Crippen molar-refractivity contribution in [1.82, 2.24) is 4.90 Å². The zero-order chi connectivity index (χ0) is 21.7. The standard InChI is InChI=1S/C21H21NO8/c1-28-21(27)14-6-4-13(5-7-14)17-16(18(24)15-3-2-10-30-15)19(25)20(26)22(17)8-11-29-12-9-23/h2-7,10,17,23,25H,8-9,11-12H2,1H3. The molecule has 0 spiro atoms. The van der Waals surface area contributed by atoms with Crippen molar-refractivity contribution in [2.45, 2.75) is 6.04 Å². The van der Waals surface area contributed by atoms with Crippen LogP contribution in [0.3, 0.4) is 0 Å². The van der Waals surface area contributed by atoms with Gasteiger partial charge in [-0.3, -0.25) is 9.59 Å². The SMILES string of the molecule is COC(=O)c1ccc(C2C(C(=O)c3ccco3)=C(O)C(=O)N2CCOCCO)cc1. The number of hydrogen-bond donors (Lipinski definition) is 2. The number of furan rings is 1. The van der Waals surface area contributed by atoms with Crippen LogP contribution in [-0.2, 0) is 14.3 Å². The molecule has 1 unspecified atom stereocenters. The van der Waals surface area contributed by atoms with Crippen molar-refractivity contribution in [1.29, 1.82) is 0 Å². The molecule has 1 aromatic carbocycles. The van der Waals surface area contributed by atoms with Crippen molar-refractivity contribution in [3.8, 4) is 0 Å². The number of aliphatic hydroxyl groups excluding tert-OH is 2. The van der Waals surface area contributed by atoms with E-state index in [1.54, 1.807) is 12.1 Å². The minimum atomic E-state index is -0.903. The third-order valence-electron chi connectivity index (χ3n) is 4.65. The molecule has 158 valence electrons. The van der Waals surface area contributed by atoms with Gasteiger partial charge in [0.1, 0.15) is 0 Å². The van der Waals surface area contributed by atoms with E-state index in [4.69, 9.17) is 14.3 Å². The molecule has 9 nitrogen and oxygen atoms in total. The molecule has 2 N–H and O–H groups in total. The fourth-order valence-corrected chi connectivity index (χ4v) is 3.25. The molecule has 0 radical (unpaired) electrons. The zero-order valence-electron chi connectivity index (χ0n) is 16.2. The summed E-state index contributed by atoms with van der Waals surface area (Å²) < 4.78 is 15.1. The van der Waals surface area contributed by atoms with Crippen molar-refractivity contribution in [2.24, 2.45) is 0 Å². The molecule has 1 aliphatic rings. The van der Waals surface area contributed by atoms with Crippen LogP contribution in [0.5, 0.6) is 0 Å². The number of nitrogens with zero attached hydrogens (tertiary/aromatic N) is 1. The summed E-state index contributed by atoms with van der Waals surface area (Å²) in [7, 11) is 1.26. The monoisotopic (exact) mass is 415 g/mol. The quantitative estimate of drug-likeness (QED) is 0.360. The molecule has 0 saturated heterocycles. The molecule has 1 amide bonds. The van der Waals surface area contributed by atoms with E-state index in [0.29, 0.717) is 11.1 Å². The zero-order valence-corrected chi connectivity index (χ0v) is 16.2. The summed E-state index contributed by atoms with van der Waals surface area (Å²) in [6.45, 7) is 0.0933. The molecule has 30 heavy (non-hydrogen) atoms. The van der Waals surface area contributed by atoms with E-state index in [1.165, 1.54) is 42.5 Å². The van der Waals surface area contributed by atoms with Gasteiger partial charge in [0.2, 0.25) is 5.78 Å². The maximum atomic E-state index is 13.0. The molecule has 0 bridgehead atoms. The van der Waals surface area contributed by atoms with Gasteiger partial charge in [-0.1, -0.05) is 12.1 Å². The molecular formula is C21H21NO8. The number of aliphatic hydroxyl groups is 2. The predicted molar refractivity (Wildman–Crippen MR) is 103 cm³/mol. The van der Waals surface area contributed by atoms with Gasteiger partial charge in [0.25, 0.3) is 5.91 Å². The summed E-state index contributed by atoms with van der Waals surface area (Å²) in [5.41, 5.74) is 0.690. The third-order valence-corrected chi connectivity index (χ3v) is 4.65. The molecule has 1 atom stereocenters. The minimum absolute atomic E-state index is 0.0149. The van der Waals surface area contributed by atoms with E-state index >= 15 is 0 Å². The lowest BCUT2D eigenvalue weighted by Gasteiger charge is -2.26. The summed E-state index contributed by atoms with van der Waals surface area (Å²) in [4.78, 5) is 38.7. The van der Waals surface area contributed by atoms with Crippen LogP contribution in [0.1, 0.15) is 32.5 Å². The Hall–Kier alpha value is -3.43. The number of rotatable bonds is 9. The van der Waals surface area contributed by atoms with Gasteiger partial charge < -0.3 is 29.0 Å². The average molecular weight is 415 g/mol. The average Bonchev–Trinajstić information content (AvgIpc) is 3.39. The largest absolute Gasteiger partial charge is 0.503 e. The van der Waals surface area contributed by atoms with E-state index in [1.807, 2.05) is 0 Å². The van der Waals surface area contributed by atoms with Crippen LogP contribution in [-0.4, -0.2) is 66.2 Å². The lowest BCUT2D eigenvalue weighted by atomic mass is 9.94. The second kappa shape index (κ2) is 9.38. The van der Waals surface area contributed by atoms with Gasteiger partial charge in [-0.25, -0.2) is 4.79 Å². The van der Waals surface area contributed by atoms with Crippen LogP contribution < -0.4 is 0 Å². The maximum absolute atomic E-state index is 13.0. The van der Waals surface area contributed by atoms with Gasteiger partial charge >= 0.3 is 5.97 Å². The Bertz CT molecular complexity index is 946. The second-order valence-electron chi connectivity index (χ2n) is 6.42. The Balaban J connectivity index is 1.97. The van der Waals surface area contributed by atoms with Crippen LogP contribution in [0.25, 0.3) is 0 Å². The first-order chi connectivity index (χ1) is 14.5. The molecule has 9 heteroatoms. The topological polar surface area (TPSA) is 127 Å². The summed E-state index contributed by atoms with van der Waals surface area (Å²) in [6, 6.07) is 8.26. The highest BCUT2D eigenvalue weighted by Crippen LogP contribution is 2.38. The van der Waals surface area contributed by atoms with Gasteiger partial charge in [0, 0.05) is 6.54 Å². The summed E-state index contributed by atoms with van der Waals surface area (Å²) >= 11 is 0. The second-order valence-corrected chi connectivity index (χ2v) is 6.42. The van der Waals surface area contributed by atoms with Crippen LogP contribution in [0.2, 0.25) is 0 Å². The molecule has 0 saturated carbocycles. The van der Waals surface area contributed by atoms with Gasteiger partial charge in [0.15, 0.2) is 11.5 Å². The van der Waals surface area contributed by atoms with Gasteiger partial charge in [-0.2, -0.15) is 0 Å². The molecule has 2 heterocycles. The number of carbonyl (C=O) groups excluding carboxylic acids is 3. The summed E-state index contributed by atoms with van der Waals surface area (Å²) in [5, 5.41) is 19.3. The van der Waals surface area contributed by atoms with Crippen LogP contribution in [0.4, 0.5) is 0 Å². The molecular weight excluding hydrogens is 394 g/mol. The van der Waals surface area contributed by atoms with Crippen molar-refractivity contribution in [2.75, 3.05) is 33.5 Å². The Morgan fingerprint density at radius 1 is 1.17 bits per heavy atom. The first kappa shape index (κ1) is 21.3. The third kappa shape index (κ3) is 4.12. The highest BCUT2D eigenvalue weighted by atomic mass is 16.5. The van der Waals surface area contributed by atoms with E-state index < -0.39 is 29.5 Å². The highest BCUT2D eigenvalue weighted by molar-refractivity contribution is 6.15. The fraction of sp³-hybridized carbons (Fsp3) is 0.286. The first-order valence-electron chi connectivity index (χ1n) is 9.18. The first-order valence-corrected chi connectivity index (χ1v) is 9.18. The minimum Gasteiger partial charge on any atom is -0.503 e. The number of amides is 1. The van der Waals surface area contributed by atoms with E-state index in [0.717, 1.165) is 0 Å². The lowest BCUT2D eigenvalue weighted by Crippen LogP contribution is -2.34. The summed E-state index contributed by atoms with van der Waals surface area (Å²) in [5.74, 6) is -2.55. The fourth-order valence-electron chi connectivity index (χ4n) is 3.25. The van der Waals surface area contributed by atoms with Crippen LogP contribution in [0, 0.1) is 0 Å². The number of methoxy groups -OCH3 is 1. The number of ether oxygens (including phenoxy) is 2. The Morgan fingerprint density at radius 2 is 1.90 bits per heavy atom. The maximum Gasteiger partial charge on any atom is 0.337 e. The highest BCUT2D eigenvalue weighted by Gasteiger charge is 2.44. The van der Waals surface area contributed by atoms with E-state index in [2.05, 4.69) is 4.74 Å². The summed E-state index contributed by atoms with van der Waals surface area (Å²) in [6.07, 6.45) is 1.32. The lowest BCUT2D eigenvalue weighted by molar-refractivity contribution is -0.130. The van der Waals surface area contributed by atoms with Crippen LogP contribution in [0.15, 0.2) is 58.4 Å². The van der Waals surface area contributed by atoms with E-state index in [-0.39, 0.29) is 37.7 Å². The van der Waals surface area contributed by atoms with Gasteiger partial charge in [-0.05, 0) is 29.8 Å². The van der Waals surface area contributed by atoms with Crippen molar-refractivity contribution < 1.29 is 38.5 Å². The van der Waals surface area contributed by atoms with Crippen molar-refractivity contribution in [3.63, 3.8) is 0 Å². The smallest absolute Gasteiger partial charge is 0.337 e. The number of Topliss-reactive ketones (excluding diaryl/α,β-unsaturated/α-hetero) is 1. The molecule has 0 fully saturated rings. The predicted octanol–water partition coefficient (Wildman–Crippen LogP) is 1.65. The van der Waals surface area contributed by atoms with Gasteiger partial charge in [-0.15, -0.1) is 0 Å². The Kier molecular flexibility index (Phi) is 6.65. The Morgan fingerprint density at radius 3 is 2.50 bits per heavy atom. The van der Waals surface area contributed by atoms with Crippen molar-refractivity contribution in [3.05, 3.63) is 70.9 Å².